The molecule has 1 unspecified atom stereocenters. The van der Waals surface area contributed by atoms with Gasteiger partial charge in [-0.3, -0.25) is 19.7 Å². The first-order valence-corrected chi connectivity index (χ1v) is 11.7. The minimum absolute atomic E-state index is 0.190. The molecule has 6 rings (SSSR count). The van der Waals surface area contributed by atoms with Crippen LogP contribution in [-0.2, 0) is 28.6 Å². The highest BCUT2D eigenvalue weighted by atomic mass is 16.2. The van der Waals surface area contributed by atoms with Gasteiger partial charge in [-0.1, -0.05) is 30.3 Å². The van der Waals surface area contributed by atoms with E-state index in [0.717, 1.165) is 46.5 Å². The number of benzene rings is 2. The van der Waals surface area contributed by atoms with Crippen LogP contribution < -0.4 is 5.32 Å². The summed E-state index contributed by atoms with van der Waals surface area (Å²) in [6.07, 6.45) is 4.15. The Labute approximate surface area is 202 Å². The van der Waals surface area contributed by atoms with Crippen LogP contribution in [0.5, 0.6) is 0 Å². The predicted molar refractivity (Wildman–Crippen MR) is 127 cm³/mol. The predicted octanol–water partition coefficient (Wildman–Crippen LogP) is 3.07. The summed E-state index contributed by atoms with van der Waals surface area (Å²) < 4.78 is 1.97. The highest BCUT2D eigenvalue weighted by molar-refractivity contribution is 6.05. The quantitative estimate of drug-likeness (QED) is 0.596. The number of hydrogen-bond donors (Lipinski definition) is 1. The molecular formula is C27H23N5O3. The Morgan fingerprint density at radius 1 is 1.09 bits per heavy atom. The Kier molecular flexibility index (Phi) is 4.65. The van der Waals surface area contributed by atoms with Crippen molar-refractivity contribution in [2.24, 2.45) is 7.05 Å². The van der Waals surface area contributed by atoms with Crippen LogP contribution in [0, 0.1) is 11.3 Å². The molecule has 2 fully saturated rings. The van der Waals surface area contributed by atoms with Crippen LogP contribution in [0.15, 0.2) is 48.8 Å². The molecule has 1 atom stereocenters. The largest absolute Gasteiger partial charge is 0.333 e. The second-order valence-corrected chi connectivity index (χ2v) is 9.60. The lowest BCUT2D eigenvalue weighted by Gasteiger charge is -2.29. The molecule has 8 heteroatoms. The number of imidazole rings is 1. The SMILES string of the molecule is Cn1cnc(-c2ccc3c(c2)CN(C2CCC(=O)NC2=O)C3=O)c1-c1ccc(C2(C#N)CC2)cc1. The fraction of sp³-hybridized carbons (Fsp3) is 0.296. The summed E-state index contributed by atoms with van der Waals surface area (Å²) in [5.74, 6) is -0.903. The van der Waals surface area contributed by atoms with E-state index in [2.05, 4.69) is 16.4 Å². The van der Waals surface area contributed by atoms with Crippen LogP contribution in [-0.4, -0.2) is 38.2 Å². The molecular weight excluding hydrogens is 442 g/mol. The molecule has 1 saturated carbocycles. The van der Waals surface area contributed by atoms with E-state index in [-0.39, 0.29) is 23.7 Å². The van der Waals surface area contributed by atoms with Crippen molar-refractivity contribution in [1.82, 2.24) is 19.8 Å². The van der Waals surface area contributed by atoms with Gasteiger partial charge in [-0.2, -0.15) is 5.26 Å². The molecule has 0 spiro atoms. The van der Waals surface area contributed by atoms with Crippen LogP contribution in [0.4, 0.5) is 0 Å². The number of carbonyl (C=O) groups is 3. The Morgan fingerprint density at radius 3 is 2.51 bits per heavy atom. The maximum Gasteiger partial charge on any atom is 0.255 e. The molecule has 1 N–H and O–H groups in total. The molecule has 35 heavy (non-hydrogen) atoms. The van der Waals surface area contributed by atoms with Gasteiger partial charge >= 0.3 is 0 Å². The van der Waals surface area contributed by atoms with Gasteiger partial charge in [0.25, 0.3) is 5.91 Å². The van der Waals surface area contributed by atoms with E-state index in [1.165, 1.54) is 0 Å². The zero-order valence-electron chi connectivity index (χ0n) is 19.2. The van der Waals surface area contributed by atoms with Gasteiger partial charge in [0, 0.05) is 36.7 Å². The molecule has 3 heterocycles. The van der Waals surface area contributed by atoms with E-state index >= 15 is 0 Å². The fourth-order valence-electron chi connectivity index (χ4n) is 5.24. The van der Waals surface area contributed by atoms with Gasteiger partial charge in [-0.15, -0.1) is 0 Å². The minimum Gasteiger partial charge on any atom is -0.333 e. The Hall–Kier alpha value is -4.25. The van der Waals surface area contributed by atoms with Crippen LogP contribution in [0.2, 0.25) is 0 Å². The number of amides is 3. The van der Waals surface area contributed by atoms with Crippen LogP contribution in [0.25, 0.3) is 22.5 Å². The van der Waals surface area contributed by atoms with Gasteiger partial charge in [0.15, 0.2) is 0 Å². The van der Waals surface area contributed by atoms with E-state index in [0.29, 0.717) is 18.5 Å². The number of aromatic nitrogens is 2. The highest BCUT2D eigenvalue weighted by Crippen LogP contribution is 2.48. The smallest absolute Gasteiger partial charge is 0.255 e. The number of nitrogens with one attached hydrogen (secondary N) is 1. The third-order valence-corrected chi connectivity index (χ3v) is 7.41. The lowest BCUT2D eigenvalue weighted by molar-refractivity contribution is -0.136. The zero-order chi connectivity index (χ0) is 24.3. The molecule has 3 amide bonds. The zero-order valence-corrected chi connectivity index (χ0v) is 19.2. The summed E-state index contributed by atoms with van der Waals surface area (Å²) >= 11 is 0. The molecule has 1 aromatic heterocycles. The number of carbonyl (C=O) groups excluding carboxylic acids is 3. The van der Waals surface area contributed by atoms with Gasteiger partial charge in [0.2, 0.25) is 11.8 Å². The van der Waals surface area contributed by atoms with Crippen molar-refractivity contribution in [2.45, 2.75) is 43.7 Å². The number of nitriles is 1. The molecule has 1 aliphatic carbocycles. The second-order valence-electron chi connectivity index (χ2n) is 9.60. The van der Waals surface area contributed by atoms with E-state index in [1.807, 2.05) is 48.0 Å². The number of hydrogen-bond acceptors (Lipinski definition) is 5. The highest BCUT2D eigenvalue weighted by Gasteiger charge is 2.44. The van der Waals surface area contributed by atoms with Crippen molar-refractivity contribution in [1.29, 1.82) is 5.26 Å². The van der Waals surface area contributed by atoms with Crippen molar-refractivity contribution in [2.75, 3.05) is 0 Å². The molecule has 8 nitrogen and oxygen atoms in total. The number of rotatable bonds is 4. The van der Waals surface area contributed by atoms with Gasteiger partial charge < -0.3 is 9.47 Å². The van der Waals surface area contributed by atoms with Gasteiger partial charge in [0.1, 0.15) is 6.04 Å². The fourth-order valence-corrected chi connectivity index (χ4v) is 5.24. The first-order chi connectivity index (χ1) is 16.9. The van der Waals surface area contributed by atoms with Gasteiger partial charge in [0.05, 0.1) is 29.2 Å². The lowest BCUT2D eigenvalue weighted by atomic mass is 9.95. The monoisotopic (exact) mass is 465 g/mol. The van der Waals surface area contributed by atoms with Crippen molar-refractivity contribution in [3.05, 3.63) is 65.5 Å². The average Bonchev–Trinajstić information content (AvgIpc) is 3.47. The average molecular weight is 466 g/mol. The van der Waals surface area contributed by atoms with Crippen LogP contribution in [0.1, 0.15) is 47.2 Å². The van der Waals surface area contributed by atoms with E-state index in [1.54, 1.807) is 17.3 Å². The molecule has 2 aromatic carbocycles. The number of piperidine rings is 1. The third kappa shape index (κ3) is 3.35. The molecule has 3 aliphatic rings. The molecule has 1 saturated heterocycles. The van der Waals surface area contributed by atoms with Gasteiger partial charge in [-0.05, 0) is 42.5 Å². The Balaban J connectivity index is 1.31. The van der Waals surface area contributed by atoms with E-state index < -0.39 is 11.9 Å². The second kappa shape index (κ2) is 7.64. The molecule has 2 aliphatic heterocycles. The number of nitrogens with zero attached hydrogens (tertiary/aromatic N) is 4. The topological polar surface area (TPSA) is 108 Å². The lowest BCUT2D eigenvalue weighted by Crippen LogP contribution is -2.52. The normalized spacial score (nSPS) is 20.4. The van der Waals surface area contributed by atoms with Crippen molar-refractivity contribution in [3.8, 4) is 28.6 Å². The standard InChI is InChI=1S/C27H23N5O3/c1-31-15-29-23(24(31)16-2-5-19(6-3-16)27(14-28)10-11-27)17-4-7-20-18(12-17)13-32(26(20)35)21-8-9-22(33)30-25(21)34/h2-7,12,15,21H,8-11,13H2,1H3,(H,30,33,34). The number of fused-ring (bicyclic) bond motifs is 1. The summed E-state index contributed by atoms with van der Waals surface area (Å²) in [5.41, 5.74) is 5.78. The first kappa shape index (κ1) is 21.3. The summed E-state index contributed by atoms with van der Waals surface area (Å²) in [6.45, 7) is 0.321. The molecule has 174 valence electrons. The van der Waals surface area contributed by atoms with Crippen molar-refractivity contribution < 1.29 is 14.4 Å². The summed E-state index contributed by atoms with van der Waals surface area (Å²) in [4.78, 5) is 43.1. The minimum atomic E-state index is -0.636. The van der Waals surface area contributed by atoms with Gasteiger partial charge in [-0.25, -0.2) is 4.98 Å². The number of aryl methyl sites for hydroxylation is 1. The van der Waals surface area contributed by atoms with Crippen LogP contribution in [0.3, 0.4) is 0 Å². The number of imide groups is 1. The summed E-state index contributed by atoms with van der Waals surface area (Å²) in [5, 5.41) is 11.8. The third-order valence-electron chi connectivity index (χ3n) is 7.41. The summed E-state index contributed by atoms with van der Waals surface area (Å²) in [6, 6.07) is 15.6. The van der Waals surface area contributed by atoms with Crippen LogP contribution >= 0.6 is 0 Å². The van der Waals surface area contributed by atoms with E-state index in [9.17, 15) is 19.6 Å². The Morgan fingerprint density at radius 2 is 1.83 bits per heavy atom. The first-order valence-electron chi connectivity index (χ1n) is 11.7. The maximum atomic E-state index is 13.0. The maximum absolute atomic E-state index is 13.0. The van der Waals surface area contributed by atoms with Crippen molar-refractivity contribution >= 4 is 17.7 Å². The molecule has 0 radical (unpaired) electrons. The van der Waals surface area contributed by atoms with E-state index in [4.69, 9.17) is 0 Å². The molecule has 3 aromatic rings. The van der Waals surface area contributed by atoms with Crippen molar-refractivity contribution in [3.63, 3.8) is 0 Å². The molecule has 0 bridgehead atoms. The summed E-state index contributed by atoms with van der Waals surface area (Å²) in [7, 11) is 1.94. The Bertz CT molecular complexity index is 1440.